The molecule has 0 atom stereocenters. The van der Waals surface area contributed by atoms with Crippen molar-refractivity contribution >= 4 is 17.6 Å². The highest BCUT2D eigenvalue weighted by Crippen LogP contribution is 2.08. The monoisotopic (exact) mass is 281 g/mol. The Kier molecular flexibility index (Phi) is 6.21. The molecule has 1 N–H and O–H groups in total. The molecule has 1 aromatic rings. The van der Waals surface area contributed by atoms with Crippen LogP contribution in [0.3, 0.4) is 0 Å². The maximum Gasteiger partial charge on any atom is 0.245 e. The molecule has 0 fully saturated rings. The van der Waals surface area contributed by atoms with Crippen LogP contribution in [0, 0.1) is 12.8 Å². The number of aromatic nitrogens is 1. The van der Waals surface area contributed by atoms with Gasteiger partial charge < -0.3 is 14.7 Å². The number of hydrogen-bond donors (Lipinski definition) is 1. The summed E-state index contributed by atoms with van der Waals surface area (Å²) in [5.41, 5.74) is 0. The number of nitrogens with zero attached hydrogens (tertiary/aromatic N) is 2. The highest BCUT2D eigenvalue weighted by molar-refractivity contribution is 5.94. The lowest BCUT2D eigenvalue weighted by Crippen LogP contribution is -2.40. The van der Waals surface area contributed by atoms with Crippen LogP contribution in [-0.4, -0.2) is 35.0 Å². The summed E-state index contributed by atoms with van der Waals surface area (Å²) in [6.45, 7) is 8.11. The first-order valence-electron chi connectivity index (χ1n) is 6.96. The number of anilines is 1. The molecule has 6 heteroatoms. The zero-order valence-corrected chi connectivity index (χ0v) is 12.6. The van der Waals surface area contributed by atoms with Crippen molar-refractivity contribution in [3.8, 4) is 0 Å². The summed E-state index contributed by atoms with van der Waals surface area (Å²) >= 11 is 0. The van der Waals surface area contributed by atoms with Gasteiger partial charge in [-0.1, -0.05) is 32.3 Å². The molecule has 1 heterocycles. The molecule has 0 spiro atoms. The summed E-state index contributed by atoms with van der Waals surface area (Å²) in [6.07, 6.45) is 1.86. The topological polar surface area (TPSA) is 75.4 Å². The Labute approximate surface area is 119 Å². The standard InChI is InChI=1S/C14H23N3O3/c1-5-6-7-17(14(19)10(2)3)9-13(18)15-12-8-11(4)20-16-12/h8,10H,5-7,9H2,1-4H3,(H,15,16,18). The third-order valence-electron chi connectivity index (χ3n) is 2.82. The molecule has 0 aliphatic carbocycles. The SMILES string of the molecule is CCCCN(CC(=O)Nc1cc(C)on1)C(=O)C(C)C. The van der Waals surface area contributed by atoms with Crippen molar-refractivity contribution in [3.63, 3.8) is 0 Å². The van der Waals surface area contributed by atoms with E-state index in [0.717, 1.165) is 12.8 Å². The van der Waals surface area contributed by atoms with Gasteiger partial charge >= 0.3 is 0 Å². The molecular weight excluding hydrogens is 258 g/mol. The van der Waals surface area contributed by atoms with Crippen LogP contribution in [-0.2, 0) is 9.59 Å². The fraction of sp³-hybridized carbons (Fsp3) is 0.643. The number of hydrogen-bond acceptors (Lipinski definition) is 4. The predicted molar refractivity (Wildman–Crippen MR) is 76.2 cm³/mol. The number of amides is 2. The smallest absolute Gasteiger partial charge is 0.245 e. The summed E-state index contributed by atoms with van der Waals surface area (Å²) in [7, 11) is 0. The first-order chi connectivity index (χ1) is 9.43. The lowest BCUT2D eigenvalue weighted by atomic mass is 10.1. The molecule has 0 saturated carbocycles. The van der Waals surface area contributed by atoms with E-state index < -0.39 is 0 Å². The van der Waals surface area contributed by atoms with Gasteiger partial charge in [0.15, 0.2) is 5.82 Å². The van der Waals surface area contributed by atoms with Gasteiger partial charge in [0.25, 0.3) is 0 Å². The Morgan fingerprint density at radius 1 is 1.45 bits per heavy atom. The molecule has 0 aliphatic rings. The van der Waals surface area contributed by atoms with Gasteiger partial charge in [0, 0.05) is 18.5 Å². The Balaban J connectivity index is 2.59. The minimum atomic E-state index is -0.261. The van der Waals surface area contributed by atoms with Gasteiger partial charge in [-0.3, -0.25) is 9.59 Å². The maximum absolute atomic E-state index is 12.1. The molecule has 1 aromatic heterocycles. The molecule has 0 aromatic carbocycles. The van der Waals surface area contributed by atoms with Gasteiger partial charge in [0.05, 0.1) is 6.54 Å². The number of aryl methyl sites for hydroxylation is 1. The average Bonchev–Trinajstić information content (AvgIpc) is 2.78. The van der Waals surface area contributed by atoms with Crippen LogP contribution in [0.25, 0.3) is 0 Å². The largest absolute Gasteiger partial charge is 0.360 e. The Bertz CT molecular complexity index is 454. The molecule has 0 radical (unpaired) electrons. The second-order valence-electron chi connectivity index (χ2n) is 5.14. The van der Waals surface area contributed by atoms with Crippen molar-refractivity contribution in [2.75, 3.05) is 18.4 Å². The van der Waals surface area contributed by atoms with Crippen LogP contribution in [0.5, 0.6) is 0 Å². The van der Waals surface area contributed by atoms with E-state index in [1.807, 2.05) is 13.8 Å². The Morgan fingerprint density at radius 2 is 2.15 bits per heavy atom. The number of nitrogens with one attached hydrogen (secondary N) is 1. The van der Waals surface area contributed by atoms with Gasteiger partial charge in [-0.2, -0.15) is 0 Å². The zero-order chi connectivity index (χ0) is 15.1. The van der Waals surface area contributed by atoms with Crippen molar-refractivity contribution in [3.05, 3.63) is 11.8 Å². The number of carbonyl (C=O) groups excluding carboxylic acids is 2. The summed E-state index contributed by atoms with van der Waals surface area (Å²) < 4.78 is 4.88. The maximum atomic E-state index is 12.1. The third kappa shape index (κ3) is 5.03. The predicted octanol–water partition coefficient (Wildman–Crippen LogP) is 2.21. The lowest BCUT2D eigenvalue weighted by Gasteiger charge is -2.23. The summed E-state index contributed by atoms with van der Waals surface area (Å²) in [6, 6.07) is 1.64. The van der Waals surface area contributed by atoms with Crippen molar-refractivity contribution in [1.82, 2.24) is 10.1 Å². The van der Waals surface area contributed by atoms with Crippen molar-refractivity contribution in [1.29, 1.82) is 0 Å². The van der Waals surface area contributed by atoms with E-state index in [0.29, 0.717) is 18.1 Å². The minimum absolute atomic E-state index is 0.00932. The van der Waals surface area contributed by atoms with Gasteiger partial charge in [-0.05, 0) is 13.3 Å². The first-order valence-corrected chi connectivity index (χ1v) is 6.96. The van der Waals surface area contributed by atoms with Crippen LogP contribution in [0.4, 0.5) is 5.82 Å². The molecule has 0 unspecified atom stereocenters. The van der Waals surface area contributed by atoms with Gasteiger partial charge in [0.2, 0.25) is 11.8 Å². The molecule has 0 aliphatic heterocycles. The number of unbranched alkanes of at least 4 members (excludes halogenated alkanes) is 1. The van der Waals surface area contributed by atoms with Crippen LogP contribution >= 0.6 is 0 Å². The molecule has 20 heavy (non-hydrogen) atoms. The lowest BCUT2D eigenvalue weighted by molar-refractivity contribution is -0.137. The Hall–Kier alpha value is -1.85. The molecule has 0 saturated heterocycles. The highest BCUT2D eigenvalue weighted by atomic mass is 16.5. The number of rotatable bonds is 7. The quantitative estimate of drug-likeness (QED) is 0.831. The van der Waals surface area contributed by atoms with E-state index in [4.69, 9.17) is 4.52 Å². The fourth-order valence-electron chi connectivity index (χ4n) is 1.76. The van der Waals surface area contributed by atoms with Crippen LogP contribution in [0.15, 0.2) is 10.6 Å². The molecule has 112 valence electrons. The van der Waals surface area contributed by atoms with Gasteiger partial charge in [0.1, 0.15) is 5.76 Å². The van der Waals surface area contributed by atoms with E-state index in [1.54, 1.807) is 17.9 Å². The van der Waals surface area contributed by atoms with E-state index in [1.165, 1.54) is 0 Å². The molecule has 6 nitrogen and oxygen atoms in total. The first kappa shape index (κ1) is 16.2. The van der Waals surface area contributed by atoms with E-state index in [9.17, 15) is 9.59 Å². The molecular formula is C14H23N3O3. The zero-order valence-electron chi connectivity index (χ0n) is 12.6. The van der Waals surface area contributed by atoms with Gasteiger partial charge in [-0.25, -0.2) is 0 Å². The van der Waals surface area contributed by atoms with E-state index in [2.05, 4.69) is 17.4 Å². The van der Waals surface area contributed by atoms with Crippen LogP contribution in [0.2, 0.25) is 0 Å². The summed E-state index contributed by atoms with van der Waals surface area (Å²) in [5, 5.41) is 6.32. The Morgan fingerprint density at radius 3 is 2.65 bits per heavy atom. The van der Waals surface area contributed by atoms with Crippen molar-refractivity contribution < 1.29 is 14.1 Å². The normalized spacial score (nSPS) is 10.7. The summed E-state index contributed by atoms with van der Waals surface area (Å²) in [4.78, 5) is 25.6. The fourth-order valence-corrected chi connectivity index (χ4v) is 1.76. The van der Waals surface area contributed by atoms with Crippen LogP contribution in [0.1, 0.15) is 39.4 Å². The highest BCUT2D eigenvalue weighted by Gasteiger charge is 2.19. The second-order valence-corrected chi connectivity index (χ2v) is 5.14. The average molecular weight is 281 g/mol. The van der Waals surface area contributed by atoms with E-state index in [-0.39, 0.29) is 24.3 Å². The van der Waals surface area contributed by atoms with Crippen molar-refractivity contribution in [2.24, 2.45) is 5.92 Å². The van der Waals surface area contributed by atoms with E-state index >= 15 is 0 Å². The van der Waals surface area contributed by atoms with Crippen molar-refractivity contribution in [2.45, 2.75) is 40.5 Å². The molecule has 1 rings (SSSR count). The van der Waals surface area contributed by atoms with Gasteiger partial charge in [-0.15, -0.1) is 0 Å². The summed E-state index contributed by atoms with van der Waals surface area (Å²) in [5.74, 6) is 0.614. The molecule has 0 bridgehead atoms. The van der Waals surface area contributed by atoms with Crippen LogP contribution < -0.4 is 5.32 Å². The minimum Gasteiger partial charge on any atom is -0.360 e. The number of carbonyl (C=O) groups is 2. The third-order valence-corrected chi connectivity index (χ3v) is 2.82. The second kappa shape index (κ2) is 7.67. The molecule has 2 amide bonds.